The van der Waals surface area contributed by atoms with Gasteiger partial charge in [-0.2, -0.15) is 0 Å². The number of aromatic nitrogens is 2. The molecule has 7 heteroatoms. The van der Waals surface area contributed by atoms with E-state index in [9.17, 15) is 4.79 Å². The molecular formula is C18H17BrClN3O2. The van der Waals surface area contributed by atoms with Crippen molar-refractivity contribution >= 4 is 34.2 Å². The Morgan fingerprint density at radius 2 is 1.76 bits per heavy atom. The van der Waals surface area contributed by atoms with Crippen LogP contribution in [-0.2, 0) is 11.3 Å². The van der Waals surface area contributed by atoms with Gasteiger partial charge >= 0.3 is 5.97 Å². The van der Waals surface area contributed by atoms with Crippen LogP contribution < -0.4 is 27.4 Å². The first-order valence-corrected chi connectivity index (χ1v) is 8.00. The van der Waals surface area contributed by atoms with E-state index in [0.29, 0.717) is 23.8 Å². The van der Waals surface area contributed by atoms with Gasteiger partial charge in [-0.1, -0.05) is 34.5 Å². The summed E-state index contributed by atoms with van der Waals surface area (Å²) in [4.78, 5) is 10.8. The minimum atomic E-state index is -0.822. The quantitative estimate of drug-likeness (QED) is 0.580. The summed E-state index contributed by atoms with van der Waals surface area (Å²) in [6, 6.07) is 15.3. The number of hydrogen-bond donors (Lipinski definition) is 2. The Hall–Kier alpha value is -2.18. The number of aliphatic carboxylic acids is 1. The molecule has 3 N–H and O–H groups in total. The fourth-order valence-electron chi connectivity index (χ4n) is 2.74. The minimum Gasteiger partial charge on any atom is -1.00 e. The first kappa shape index (κ1) is 19.1. The van der Waals surface area contributed by atoms with Gasteiger partial charge in [0, 0.05) is 27.5 Å². The SMILES string of the molecule is Nc1n[n+](CCCC(=O)O)c(-c2ccc(Cl)cc2)c2ccccc12.[Br-]. The summed E-state index contributed by atoms with van der Waals surface area (Å²) in [6.07, 6.45) is 0.562. The molecule has 0 saturated carbocycles. The van der Waals surface area contributed by atoms with Gasteiger partial charge in [0.2, 0.25) is 5.69 Å². The van der Waals surface area contributed by atoms with E-state index < -0.39 is 5.97 Å². The number of anilines is 1. The number of nitrogen functional groups attached to an aromatic ring is 1. The number of fused-ring (bicyclic) bond motifs is 1. The molecule has 25 heavy (non-hydrogen) atoms. The summed E-state index contributed by atoms with van der Waals surface area (Å²) >= 11 is 5.99. The topological polar surface area (TPSA) is 80.1 Å². The zero-order chi connectivity index (χ0) is 17.1. The monoisotopic (exact) mass is 421 g/mol. The Bertz CT molecular complexity index is 901. The number of benzene rings is 2. The van der Waals surface area contributed by atoms with Crippen LogP contribution in [0.25, 0.3) is 22.0 Å². The predicted octanol–water partition coefficient (Wildman–Crippen LogP) is 0.294. The van der Waals surface area contributed by atoms with E-state index in [-0.39, 0.29) is 23.4 Å². The lowest BCUT2D eigenvalue weighted by Gasteiger charge is -2.08. The molecule has 0 atom stereocenters. The maximum Gasteiger partial charge on any atom is 0.303 e. The van der Waals surface area contributed by atoms with Gasteiger partial charge < -0.3 is 27.8 Å². The second kappa shape index (κ2) is 8.27. The predicted molar refractivity (Wildman–Crippen MR) is 93.7 cm³/mol. The fourth-order valence-corrected chi connectivity index (χ4v) is 2.87. The minimum absolute atomic E-state index is 0. The van der Waals surface area contributed by atoms with Crippen molar-refractivity contribution in [3.63, 3.8) is 0 Å². The average molecular weight is 423 g/mol. The number of hydrogen-bond acceptors (Lipinski definition) is 3. The Morgan fingerprint density at radius 3 is 2.40 bits per heavy atom. The Labute approximate surface area is 160 Å². The van der Waals surface area contributed by atoms with Gasteiger partial charge in [0.1, 0.15) is 0 Å². The van der Waals surface area contributed by atoms with Gasteiger partial charge in [0.25, 0.3) is 0 Å². The van der Waals surface area contributed by atoms with Crippen LogP contribution in [0.5, 0.6) is 0 Å². The van der Waals surface area contributed by atoms with Gasteiger partial charge in [0.15, 0.2) is 12.4 Å². The van der Waals surface area contributed by atoms with Crippen LogP contribution in [0.15, 0.2) is 48.5 Å². The van der Waals surface area contributed by atoms with Crippen LogP contribution in [0.1, 0.15) is 12.8 Å². The Morgan fingerprint density at radius 1 is 1.12 bits per heavy atom. The highest BCUT2D eigenvalue weighted by Crippen LogP contribution is 2.28. The number of carboxylic acids is 1. The Balaban J connectivity index is 0.00000225. The van der Waals surface area contributed by atoms with E-state index in [1.807, 2.05) is 48.5 Å². The molecular weight excluding hydrogens is 406 g/mol. The molecule has 0 saturated heterocycles. The maximum atomic E-state index is 10.8. The zero-order valence-corrected chi connectivity index (χ0v) is 15.7. The molecule has 1 heterocycles. The first-order chi connectivity index (χ1) is 11.6. The average Bonchev–Trinajstić information content (AvgIpc) is 2.56. The van der Waals surface area contributed by atoms with Crippen molar-refractivity contribution in [1.82, 2.24) is 5.10 Å². The van der Waals surface area contributed by atoms with Crippen LogP contribution >= 0.6 is 11.6 Å². The largest absolute Gasteiger partial charge is 1.00 e. The molecule has 0 radical (unpaired) electrons. The summed E-state index contributed by atoms with van der Waals surface area (Å²) in [6.45, 7) is 0.472. The smallest absolute Gasteiger partial charge is 0.303 e. The van der Waals surface area contributed by atoms with Gasteiger partial charge in [0.05, 0.1) is 11.8 Å². The third kappa shape index (κ3) is 4.27. The molecule has 0 fully saturated rings. The lowest BCUT2D eigenvalue weighted by atomic mass is 10.0. The van der Waals surface area contributed by atoms with Crippen molar-refractivity contribution < 1.29 is 31.6 Å². The number of carboxylic acid groups (broad SMARTS) is 1. The molecule has 5 nitrogen and oxygen atoms in total. The molecule has 0 aliphatic rings. The summed E-state index contributed by atoms with van der Waals surface area (Å²) in [7, 11) is 0. The summed E-state index contributed by atoms with van der Waals surface area (Å²) in [5.74, 6) is -0.393. The highest BCUT2D eigenvalue weighted by atomic mass is 79.9. The number of aryl methyl sites for hydroxylation is 1. The van der Waals surface area contributed by atoms with Crippen LogP contribution in [0.2, 0.25) is 5.02 Å². The van der Waals surface area contributed by atoms with Crippen molar-refractivity contribution in [3.05, 3.63) is 53.6 Å². The molecule has 0 unspecified atom stereocenters. The molecule has 1 aromatic heterocycles. The molecule has 0 aliphatic carbocycles. The highest BCUT2D eigenvalue weighted by Gasteiger charge is 2.22. The van der Waals surface area contributed by atoms with E-state index in [0.717, 1.165) is 22.0 Å². The van der Waals surface area contributed by atoms with E-state index in [1.54, 1.807) is 4.68 Å². The van der Waals surface area contributed by atoms with Crippen molar-refractivity contribution in [1.29, 1.82) is 0 Å². The summed E-state index contributed by atoms with van der Waals surface area (Å²) in [5.41, 5.74) is 7.95. The number of carbonyl (C=O) groups is 1. The van der Waals surface area contributed by atoms with Crippen molar-refractivity contribution in [3.8, 4) is 11.3 Å². The summed E-state index contributed by atoms with van der Waals surface area (Å²) < 4.78 is 1.78. The van der Waals surface area contributed by atoms with Crippen molar-refractivity contribution in [2.75, 3.05) is 5.73 Å². The van der Waals surface area contributed by atoms with Crippen LogP contribution in [0, 0.1) is 0 Å². The molecule has 2 aromatic carbocycles. The number of rotatable bonds is 5. The van der Waals surface area contributed by atoms with E-state index >= 15 is 0 Å². The van der Waals surface area contributed by atoms with Gasteiger partial charge in [-0.15, -0.1) is 0 Å². The summed E-state index contributed by atoms with van der Waals surface area (Å²) in [5, 5.41) is 15.8. The van der Waals surface area contributed by atoms with Crippen LogP contribution in [0.4, 0.5) is 5.82 Å². The number of nitrogens with zero attached hydrogens (tertiary/aromatic N) is 2. The highest BCUT2D eigenvalue weighted by molar-refractivity contribution is 6.30. The number of halogens is 2. The van der Waals surface area contributed by atoms with Gasteiger partial charge in [-0.05, 0) is 30.3 Å². The molecule has 3 aromatic rings. The maximum absolute atomic E-state index is 10.8. The molecule has 0 bridgehead atoms. The van der Waals surface area contributed by atoms with E-state index in [4.69, 9.17) is 22.4 Å². The van der Waals surface area contributed by atoms with E-state index in [2.05, 4.69) is 5.10 Å². The molecule has 3 rings (SSSR count). The van der Waals surface area contributed by atoms with Crippen LogP contribution in [-0.4, -0.2) is 16.2 Å². The van der Waals surface area contributed by atoms with Crippen molar-refractivity contribution in [2.45, 2.75) is 19.4 Å². The van der Waals surface area contributed by atoms with Gasteiger partial charge in [-0.25, -0.2) is 0 Å². The lowest BCUT2D eigenvalue weighted by molar-refractivity contribution is -0.741. The van der Waals surface area contributed by atoms with Gasteiger partial charge in [-0.3, -0.25) is 4.79 Å². The van der Waals surface area contributed by atoms with E-state index in [1.165, 1.54) is 0 Å². The normalized spacial score (nSPS) is 10.4. The lowest BCUT2D eigenvalue weighted by Crippen LogP contribution is -3.00. The number of nitrogens with two attached hydrogens (primary N) is 1. The molecule has 0 amide bonds. The van der Waals surface area contributed by atoms with Crippen molar-refractivity contribution in [2.24, 2.45) is 0 Å². The second-order valence-electron chi connectivity index (χ2n) is 5.51. The fraction of sp³-hybridized carbons (Fsp3) is 0.167. The third-order valence-corrected chi connectivity index (χ3v) is 4.07. The molecule has 130 valence electrons. The third-order valence-electron chi connectivity index (χ3n) is 3.82. The molecule has 0 aliphatic heterocycles. The van der Waals surface area contributed by atoms with Crippen LogP contribution in [0.3, 0.4) is 0 Å². The molecule has 0 spiro atoms. The zero-order valence-electron chi connectivity index (χ0n) is 13.3. The standard InChI is InChI=1S/C18H16ClN3O2.BrH/c19-13-9-7-12(8-10-13)17-14-4-1-2-5-15(14)18(20)21-22(17)11-3-6-16(23)24;/h1-2,4-5,7-10H,3,6,11H2,(H2-,20,21,23,24);1H. The second-order valence-corrected chi connectivity index (χ2v) is 5.94. The first-order valence-electron chi connectivity index (χ1n) is 7.62. The Kier molecular flexibility index (Phi) is 6.33.